The van der Waals surface area contributed by atoms with Crippen LogP contribution in [0.3, 0.4) is 0 Å². The van der Waals surface area contributed by atoms with Gasteiger partial charge in [-0.05, 0) is 25.3 Å². The van der Waals surface area contributed by atoms with E-state index in [-0.39, 0.29) is 0 Å². The van der Waals surface area contributed by atoms with Crippen molar-refractivity contribution in [3.63, 3.8) is 0 Å². The van der Waals surface area contributed by atoms with Gasteiger partial charge in [-0.2, -0.15) is 0 Å². The van der Waals surface area contributed by atoms with Crippen LogP contribution < -0.4 is 4.90 Å². The standard InChI is InChI=1S/C17H20N2O2/c20-15-7-3-5-13-16(15)18-14-6-2-1-4-12(14)17(13)19-8-10-21-11-9-19/h1-2,4,6,15,20H,3,5,7-11H2. The smallest absolute Gasteiger partial charge is 0.0963 e. The van der Waals surface area contributed by atoms with Gasteiger partial charge >= 0.3 is 0 Å². The summed E-state index contributed by atoms with van der Waals surface area (Å²) in [6, 6.07) is 8.27. The first-order valence-corrected chi connectivity index (χ1v) is 7.77. The van der Waals surface area contributed by atoms with Crippen molar-refractivity contribution in [1.82, 2.24) is 4.98 Å². The normalized spacial score (nSPS) is 22.3. The van der Waals surface area contributed by atoms with Gasteiger partial charge in [0.1, 0.15) is 0 Å². The Morgan fingerprint density at radius 3 is 2.86 bits per heavy atom. The summed E-state index contributed by atoms with van der Waals surface area (Å²) in [4.78, 5) is 7.15. The summed E-state index contributed by atoms with van der Waals surface area (Å²) in [5, 5.41) is 11.5. The second-order valence-corrected chi connectivity index (χ2v) is 5.85. The molecule has 4 nitrogen and oxygen atoms in total. The predicted molar refractivity (Wildman–Crippen MR) is 82.7 cm³/mol. The highest BCUT2D eigenvalue weighted by molar-refractivity contribution is 5.94. The first kappa shape index (κ1) is 13.0. The van der Waals surface area contributed by atoms with Crippen LogP contribution in [0.4, 0.5) is 5.69 Å². The van der Waals surface area contributed by atoms with Crippen molar-refractivity contribution in [2.75, 3.05) is 31.2 Å². The number of rotatable bonds is 1. The molecule has 1 aliphatic carbocycles. The van der Waals surface area contributed by atoms with E-state index in [1.807, 2.05) is 12.1 Å². The fourth-order valence-corrected chi connectivity index (χ4v) is 3.53. The molecule has 4 heteroatoms. The number of anilines is 1. The van der Waals surface area contributed by atoms with Crippen molar-refractivity contribution in [3.8, 4) is 0 Å². The van der Waals surface area contributed by atoms with Gasteiger partial charge in [0, 0.05) is 24.0 Å². The van der Waals surface area contributed by atoms with E-state index in [4.69, 9.17) is 9.72 Å². The van der Waals surface area contributed by atoms with Crippen LogP contribution in [0, 0.1) is 0 Å². The zero-order valence-corrected chi connectivity index (χ0v) is 12.1. The quantitative estimate of drug-likeness (QED) is 0.873. The zero-order valence-electron chi connectivity index (χ0n) is 12.1. The Bertz CT molecular complexity index is 665. The number of morpholine rings is 1. The summed E-state index contributed by atoms with van der Waals surface area (Å²) in [5.74, 6) is 0. The molecule has 4 rings (SSSR count). The summed E-state index contributed by atoms with van der Waals surface area (Å²) in [6.45, 7) is 3.37. The first-order chi connectivity index (χ1) is 10.3. The van der Waals surface area contributed by atoms with Gasteiger partial charge in [-0.15, -0.1) is 0 Å². The molecule has 1 aromatic carbocycles. The van der Waals surface area contributed by atoms with Crippen LogP contribution >= 0.6 is 0 Å². The average molecular weight is 284 g/mol. The number of aliphatic hydroxyl groups excluding tert-OH is 1. The third kappa shape index (κ3) is 2.19. The molecule has 1 aliphatic heterocycles. The average Bonchev–Trinajstić information content (AvgIpc) is 2.54. The predicted octanol–water partition coefficient (Wildman–Crippen LogP) is 2.44. The van der Waals surface area contributed by atoms with Crippen molar-refractivity contribution >= 4 is 16.6 Å². The van der Waals surface area contributed by atoms with E-state index in [1.54, 1.807) is 0 Å². The molecule has 1 fully saturated rings. The monoisotopic (exact) mass is 284 g/mol. The Kier molecular flexibility index (Phi) is 3.28. The molecule has 2 aliphatic rings. The molecule has 1 saturated heterocycles. The van der Waals surface area contributed by atoms with Crippen LogP contribution in [0.25, 0.3) is 10.9 Å². The van der Waals surface area contributed by atoms with E-state index in [9.17, 15) is 5.11 Å². The van der Waals surface area contributed by atoms with E-state index in [1.165, 1.54) is 16.6 Å². The van der Waals surface area contributed by atoms with Gasteiger partial charge < -0.3 is 14.7 Å². The Hall–Kier alpha value is -1.65. The highest BCUT2D eigenvalue weighted by atomic mass is 16.5. The molecule has 2 aromatic rings. The SMILES string of the molecule is OC1CCCc2c1nc1ccccc1c2N1CCOCC1. The van der Waals surface area contributed by atoms with Gasteiger partial charge in [0.15, 0.2) is 0 Å². The summed E-state index contributed by atoms with van der Waals surface area (Å²) in [5.41, 5.74) is 4.40. The zero-order chi connectivity index (χ0) is 14.2. The van der Waals surface area contributed by atoms with Crippen LogP contribution in [0.15, 0.2) is 24.3 Å². The molecule has 0 saturated carbocycles. The summed E-state index contributed by atoms with van der Waals surface area (Å²) in [7, 11) is 0. The number of pyridine rings is 1. The second kappa shape index (κ2) is 5.28. The van der Waals surface area contributed by atoms with Crippen LogP contribution in [0.1, 0.15) is 30.2 Å². The number of hydrogen-bond donors (Lipinski definition) is 1. The van der Waals surface area contributed by atoms with Gasteiger partial charge in [0.25, 0.3) is 0 Å². The summed E-state index contributed by atoms with van der Waals surface area (Å²) in [6.07, 6.45) is 2.45. The number of fused-ring (bicyclic) bond motifs is 2. The van der Waals surface area contributed by atoms with E-state index in [0.29, 0.717) is 0 Å². The fourth-order valence-electron chi connectivity index (χ4n) is 3.53. The minimum Gasteiger partial charge on any atom is -0.387 e. The van der Waals surface area contributed by atoms with E-state index >= 15 is 0 Å². The first-order valence-electron chi connectivity index (χ1n) is 7.77. The lowest BCUT2D eigenvalue weighted by Crippen LogP contribution is -2.37. The Morgan fingerprint density at radius 2 is 2.00 bits per heavy atom. The van der Waals surface area contributed by atoms with Gasteiger partial charge in [-0.1, -0.05) is 18.2 Å². The Balaban J connectivity index is 1.96. The number of benzene rings is 1. The Morgan fingerprint density at radius 1 is 1.19 bits per heavy atom. The minimum absolute atomic E-state index is 0.418. The Labute approximate surface area is 124 Å². The molecule has 2 heterocycles. The van der Waals surface area contributed by atoms with E-state index in [0.717, 1.165) is 56.8 Å². The van der Waals surface area contributed by atoms with Crippen LogP contribution in [-0.4, -0.2) is 36.4 Å². The molecule has 21 heavy (non-hydrogen) atoms. The number of para-hydroxylation sites is 1. The molecule has 1 N–H and O–H groups in total. The van der Waals surface area contributed by atoms with Crippen molar-refractivity contribution in [3.05, 3.63) is 35.5 Å². The molecule has 1 unspecified atom stereocenters. The lowest BCUT2D eigenvalue weighted by molar-refractivity contribution is 0.122. The minimum atomic E-state index is -0.418. The van der Waals surface area contributed by atoms with E-state index in [2.05, 4.69) is 17.0 Å². The number of aromatic nitrogens is 1. The number of nitrogens with zero attached hydrogens (tertiary/aromatic N) is 2. The summed E-state index contributed by atoms with van der Waals surface area (Å²) >= 11 is 0. The lowest BCUT2D eigenvalue weighted by Gasteiger charge is -2.34. The van der Waals surface area contributed by atoms with Gasteiger partial charge in [0.05, 0.1) is 36.2 Å². The molecule has 0 amide bonds. The van der Waals surface area contributed by atoms with Crippen LogP contribution in [0.5, 0.6) is 0 Å². The maximum Gasteiger partial charge on any atom is 0.0963 e. The van der Waals surface area contributed by atoms with Crippen molar-refractivity contribution in [1.29, 1.82) is 0 Å². The maximum absolute atomic E-state index is 10.3. The van der Waals surface area contributed by atoms with Gasteiger partial charge in [-0.25, -0.2) is 4.98 Å². The number of aliphatic hydroxyl groups is 1. The lowest BCUT2D eigenvalue weighted by atomic mass is 9.90. The maximum atomic E-state index is 10.3. The number of hydrogen-bond acceptors (Lipinski definition) is 4. The molecular formula is C17H20N2O2. The second-order valence-electron chi connectivity index (χ2n) is 5.85. The highest BCUT2D eigenvalue weighted by Crippen LogP contribution is 2.39. The van der Waals surface area contributed by atoms with Crippen LogP contribution in [-0.2, 0) is 11.2 Å². The molecule has 0 bridgehead atoms. The third-order valence-electron chi connectivity index (χ3n) is 4.54. The number of ether oxygens (including phenoxy) is 1. The van der Waals surface area contributed by atoms with Crippen LogP contribution in [0.2, 0.25) is 0 Å². The summed E-state index contributed by atoms with van der Waals surface area (Å²) < 4.78 is 5.49. The molecule has 0 spiro atoms. The van der Waals surface area contributed by atoms with Crippen molar-refractivity contribution in [2.24, 2.45) is 0 Å². The fraction of sp³-hybridized carbons (Fsp3) is 0.471. The molecule has 0 radical (unpaired) electrons. The topological polar surface area (TPSA) is 45.6 Å². The molecule has 1 atom stereocenters. The van der Waals surface area contributed by atoms with Crippen molar-refractivity contribution < 1.29 is 9.84 Å². The molecular weight excluding hydrogens is 264 g/mol. The van der Waals surface area contributed by atoms with Crippen molar-refractivity contribution in [2.45, 2.75) is 25.4 Å². The van der Waals surface area contributed by atoms with Gasteiger partial charge in [0.2, 0.25) is 0 Å². The molecule has 1 aromatic heterocycles. The molecule has 110 valence electrons. The largest absolute Gasteiger partial charge is 0.387 e. The highest BCUT2D eigenvalue weighted by Gasteiger charge is 2.27. The van der Waals surface area contributed by atoms with Gasteiger partial charge in [-0.3, -0.25) is 0 Å². The van der Waals surface area contributed by atoms with E-state index < -0.39 is 6.10 Å². The third-order valence-corrected chi connectivity index (χ3v) is 4.54.